The van der Waals surface area contributed by atoms with E-state index >= 15 is 0 Å². The number of benzene rings is 3. The molecule has 28 heavy (non-hydrogen) atoms. The van der Waals surface area contributed by atoms with Crippen molar-refractivity contribution in [1.29, 1.82) is 0 Å². The Morgan fingerprint density at radius 1 is 0.821 bits per heavy atom. The van der Waals surface area contributed by atoms with Crippen LogP contribution < -0.4 is 10.2 Å². The number of para-hydroxylation sites is 1. The maximum Gasteiger partial charge on any atom is 0.282 e. The molecule has 0 aromatic heterocycles. The Kier molecular flexibility index (Phi) is 4.67. The van der Waals surface area contributed by atoms with Gasteiger partial charge in [-0.25, -0.2) is 9.29 Å². The summed E-state index contributed by atoms with van der Waals surface area (Å²) in [6.45, 7) is 0. The summed E-state index contributed by atoms with van der Waals surface area (Å²) in [7, 11) is 0. The third-order valence-electron chi connectivity index (χ3n) is 4.33. The Labute approximate surface area is 165 Å². The Bertz CT molecular complexity index is 1100. The molecule has 0 saturated heterocycles. The molecular formula is C22H14ClFN2O2. The molecule has 4 rings (SSSR count). The highest BCUT2D eigenvalue weighted by Crippen LogP contribution is 2.34. The largest absolute Gasteiger partial charge is 0.350 e. The summed E-state index contributed by atoms with van der Waals surface area (Å²) in [6, 6.07) is 21.1. The van der Waals surface area contributed by atoms with Gasteiger partial charge in [0.25, 0.3) is 11.8 Å². The molecule has 1 heterocycles. The second-order valence-corrected chi connectivity index (χ2v) is 6.61. The van der Waals surface area contributed by atoms with Crippen molar-refractivity contribution in [1.82, 2.24) is 0 Å². The van der Waals surface area contributed by atoms with Crippen LogP contribution in [0.15, 0.2) is 84.6 Å². The topological polar surface area (TPSA) is 49.4 Å². The minimum Gasteiger partial charge on any atom is -0.350 e. The summed E-state index contributed by atoms with van der Waals surface area (Å²) in [5.74, 6) is -1.61. The minimum atomic E-state index is -0.551. The summed E-state index contributed by atoms with van der Waals surface area (Å²) in [5.41, 5.74) is 1.70. The van der Waals surface area contributed by atoms with E-state index in [4.69, 9.17) is 11.6 Å². The highest BCUT2D eigenvalue weighted by atomic mass is 35.5. The van der Waals surface area contributed by atoms with Crippen molar-refractivity contribution in [2.45, 2.75) is 0 Å². The highest BCUT2D eigenvalue weighted by molar-refractivity contribution is 6.46. The van der Waals surface area contributed by atoms with Crippen molar-refractivity contribution in [2.75, 3.05) is 10.2 Å². The van der Waals surface area contributed by atoms with Gasteiger partial charge < -0.3 is 5.32 Å². The number of rotatable bonds is 4. The lowest BCUT2D eigenvalue weighted by Crippen LogP contribution is -2.32. The summed E-state index contributed by atoms with van der Waals surface area (Å²) >= 11 is 5.96. The molecule has 0 fully saturated rings. The van der Waals surface area contributed by atoms with Gasteiger partial charge in [-0.2, -0.15) is 0 Å². The molecule has 0 atom stereocenters. The van der Waals surface area contributed by atoms with Crippen LogP contribution in [0.3, 0.4) is 0 Å². The van der Waals surface area contributed by atoms with Gasteiger partial charge in [0.15, 0.2) is 0 Å². The van der Waals surface area contributed by atoms with Crippen molar-refractivity contribution in [3.63, 3.8) is 0 Å². The molecule has 0 spiro atoms. The van der Waals surface area contributed by atoms with Gasteiger partial charge in [-0.3, -0.25) is 9.59 Å². The Balaban J connectivity index is 1.83. The molecular weight excluding hydrogens is 379 g/mol. The first-order valence-electron chi connectivity index (χ1n) is 8.51. The lowest BCUT2D eigenvalue weighted by molar-refractivity contribution is -0.120. The third-order valence-corrected chi connectivity index (χ3v) is 4.58. The zero-order chi connectivity index (χ0) is 19.7. The van der Waals surface area contributed by atoms with E-state index in [0.717, 1.165) is 11.0 Å². The average molecular weight is 393 g/mol. The molecule has 6 heteroatoms. The maximum absolute atomic E-state index is 13.7. The van der Waals surface area contributed by atoms with Crippen molar-refractivity contribution in [3.8, 4) is 0 Å². The quantitative estimate of drug-likeness (QED) is 0.644. The van der Waals surface area contributed by atoms with E-state index < -0.39 is 17.6 Å². The van der Waals surface area contributed by atoms with Crippen LogP contribution >= 0.6 is 11.6 Å². The molecule has 1 aliphatic rings. The fourth-order valence-electron chi connectivity index (χ4n) is 3.05. The molecule has 138 valence electrons. The SMILES string of the molecule is O=C1C(Nc2ccccc2)=C(c2ccc(Cl)cc2)C(=O)N1c1cccc(F)c1. The molecule has 4 nitrogen and oxygen atoms in total. The van der Waals surface area contributed by atoms with E-state index in [2.05, 4.69) is 5.32 Å². The van der Waals surface area contributed by atoms with Crippen LogP contribution in [0.5, 0.6) is 0 Å². The first-order chi connectivity index (χ1) is 13.5. The van der Waals surface area contributed by atoms with Gasteiger partial charge in [0.1, 0.15) is 11.5 Å². The summed E-state index contributed by atoms with van der Waals surface area (Å²) < 4.78 is 13.7. The number of anilines is 2. The van der Waals surface area contributed by atoms with Gasteiger partial charge in [-0.1, -0.05) is 48.0 Å². The minimum absolute atomic E-state index is 0.128. The zero-order valence-corrected chi connectivity index (χ0v) is 15.3. The van der Waals surface area contributed by atoms with E-state index in [0.29, 0.717) is 16.3 Å². The number of nitrogens with one attached hydrogen (secondary N) is 1. The second-order valence-electron chi connectivity index (χ2n) is 6.17. The Morgan fingerprint density at radius 3 is 2.21 bits per heavy atom. The van der Waals surface area contributed by atoms with Gasteiger partial charge >= 0.3 is 0 Å². The number of halogens is 2. The number of carbonyl (C=O) groups excluding carboxylic acids is 2. The van der Waals surface area contributed by atoms with Gasteiger partial charge in [0.05, 0.1) is 11.3 Å². The van der Waals surface area contributed by atoms with Gasteiger partial charge in [0, 0.05) is 10.7 Å². The lowest BCUT2D eigenvalue weighted by Gasteiger charge is -2.15. The molecule has 0 saturated carbocycles. The van der Waals surface area contributed by atoms with E-state index in [1.54, 1.807) is 36.4 Å². The van der Waals surface area contributed by atoms with Crippen molar-refractivity contribution < 1.29 is 14.0 Å². The molecule has 3 aromatic carbocycles. The van der Waals surface area contributed by atoms with E-state index in [9.17, 15) is 14.0 Å². The number of carbonyl (C=O) groups is 2. The monoisotopic (exact) mass is 392 g/mol. The molecule has 2 amide bonds. The number of imide groups is 1. The van der Waals surface area contributed by atoms with Crippen LogP contribution in [0.2, 0.25) is 5.02 Å². The van der Waals surface area contributed by atoms with Crippen molar-refractivity contribution >= 4 is 40.4 Å². The zero-order valence-electron chi connectivity index (χ0n) is 14.5. The van der Waals surface area contributed by atoms with Crippen molar-refractivity contribution in [2.24, 2.45) is 0 Å². The van der Waals surface area contributed by atoms with Gasteiger partial charge in [0.2, 0.25) is 0 Å². The summed E-state index contributed by atoms with van der Waals surface area (Å²) in [6.07, 6.45) is 0. The van der Waals surface area contributed by atoms with E-state index in [1.807, 2.05) is 18.2 Å². The average Bonchev–Trinajstić information content (AvgIpc) is 2.93. The van der Waals surface area contributed by atoms with Gasteiger partial charge in [-0.15, -0.1) is 0 Å². The van der Waals surface area contributed by atoms with Gasteiger partial charge in [-0.05, 0) is 48.0 Å². The molecule has 1 N–H and O–H groups in total. The van der Waals surface area contributed by atoms with Crippen LogP contribution in [0.1, 0.15) is 5.56 Å². The van der Waals surface area contributed by atoms with Crippen LogP contribution in [0, 0.1) is 5.82 Å². The predicted octanol–water partition coefficient (Wildman–Crippen LogP) is 4.88. The van der Waals surface area contributed by atoms with Crippen LogP contribution in [-0.2, 0) is 9.59 Å². The molecule has 0 bridgehead atoms. The standard InChI is InChI=1S/C22H14ClFN2O2/c23-15-11-9-14(10-12-15)19-20(25-17-6-2-1-3-7-17)22(28)26(21(19)27)18-8-4-5-16(24)13-18/h1-13,25H. The van der Waals surface area contributed by atoms with E-state index in [-0.39, 0.29) is 17.0 Å². The first kappa shape index (κ1) is 17.9. The van der Waals surface area contributed by atoms with Crippen molar-refractivity contribution in [3.05, 3.63) is 101 Å². The molecule has 3 aromatic rings. The smallest absolute Gasteiger partial charge is 0.282 e. The Morgan fingerprint density at radius 2 is 1.54 bits per heavy atom. The second kappa shape index (κ2) is 7.29. The normalized spacial score (nSPS) is 14.0. The van der Waals surface area contributed by atoms with Crippen LogP contribution in [-0.4, -0.2) is 11.8 Å². The molecule has 0 radical (unpaired) electrons. The predicted molar refractivity (Wildman–Crippen MR) is 107 cm³/mol. The number of nitrogens with zero attached hydrogens (tertiary/aromatic N) is 1. The fourth-order valence-corrected chi connectivity index (χ4v) is 3.17. The van der Waals surface area contributed by atoms with E-state index in [1.165, 1.54) is 18.2 Å². The summed E-state index contributed by atoms with van der Waals surface area (Å²) in [5, 5.41) is 3.55. The highest BCUT2D eigenvalue weighted by Gasteiger charge is 2.40. The first-order valence-corrected chi connectivity index (χ1v) is 8.89. The number of amides is 2. The Hall–Kier alpha value is -3.44. The summed E-state index contributed by atoms with van der Waals surface area (Å²) in [4.78, 5) is 27.3. The molecule has 1 aliphatic heterocycles. The number of hydrogen-bond acceptors (Lipinski definition) is 3. The fraction of sp³-hybridized carbons (Fsp3) is 0. The molecule has 0 aliphatic carbocycles. The third kappa shape index (κ3) is 3.28. The maximum atomic E-state index is 13.7. The molecule has 0 unspecified atom stereocenters. The van der Waals surface area contributed by atoms with Crippen LogP contribution in [0.25, 0.3) is 5.57 Å². The van der Waals surface area contributed by atoms with Crippen LogP contribution in [0.4, 0.5) is 15.8 Å². The number of hydrogen-bond donors (Lipinski definition) is 1. The lowest BCUT2D eigenvalue weighted by atomic mass is 10.0.